The van der Waals surface area contributed by atoms with Gasteiger partial charge in [0.1, 0.15) is 11.6 Å². The van der Waals surface area contributed by atoms with Gasteiger partial charge >= 0.3 is 12.1 Å². The van der Waals surface area contributed by atoms with Gasteiger partial charge in [0.2, 0.25) is 0 Å². The quantitative estimate of drug-likeness (QED) is 0.781. The fourth-order valence-electron chi connectivity index (χ4n) is 1.96. The zero-order chi connectivity index (χ0) is 17.3. The minimum atomic E-state index is -0.711. The lowest BCUT2D eigenvalue weighted by molar-refractivity contribution is -0.146. The molecule has 1 aromatic rings. The monoisotopic (exact) mass is 321 g/mol. The van der Waals surface area contributed by atoms with Crippen LogP contribution in [0.15, 0.2) is 30.3 Å². The van der Waals surface area contributed by atoms with Crippen molar-refractivity contribution in [3.05, 3.63) is 35.9 Å². The molecule has 0 saturated heterocycles. The van der Waals surface area contributed by atoms with Crippen molar-refractivity contribution in [2.24, 2.45) is 0 Å². The van der Waals surface area contributed by atoms with Gasteiger partial charge in [0.15, 0.2) is 0 Å². The van der Waals surface area contributed by atoms with E-state index < -0.39 is 23.7 Å². The topological polar surface area (TPSA) is 64.6 Å². The molecule has 1 amide bonds. The van der Waals surface area contributed by atoms with Crippen molar-refractivity contribution in [3.63, 3.8) is 0 Å². The van der Waals surface area contributed by atoms with Gasteiger partial charge in [-0.1, -0.05) is 37.3 Å². The maximum Gasteiger partial charge on any atom is 0.408 e. The van der Waals surface area contributed by atoms with Crippen molar-refractivity contribution in [2.75, 3.05) is 6.61 Å². The number of carbonyl (C=O) groups excluding carboxylic acids is 2. The molecular formula is C18H27NO4. The minimum Gasteiger partial charge on any atom is -0.464 e. The molecule has 1 aromatic carbocycles. The molecule has 1 N–H and O–H groups in total. The van der Waals surface area contributed by atoms with Gasteiger partial charge in [-0.3, -0.25) is 0 Å². The highest BCUT2D eigenvalue weighted by atomic mass is 16.6. The van der Waals surface area contributed by atoms with Crippen LogP contribution >= 0.6 is 0 Å². The first kappa shape index (κ1) is 19.0. The summed E-state index contributed by atoms with van der Waals surface area (Å²) in [4.78, 5) is 24.0. The summed E-state index contributed by atoms with van der Waals surface area (Å²) in [5.74, 6) is -0.423. The molecular weight excluding hydrogens is 294 g/mol. The number of hydrogen-bond acceptors (Lipinski definition) is 4. The van der Waals surface area contributed by atoms with Crippen LogP contribution < -0.4 is 5.32 Å². The van der Waals surface area contributed by atoms with Gasteiger partial charge in [0, 0.05) is 0 Å². The highest BCUT2D eigenvalue weighted by Gasteiger charge is 2.25. The molecule has 5 nitrogen and oxygen atoms in total. The van der Waals surface area contributed by atoms with Gasteiger partial charge in [-0.2, -0.15) is 0 Å². The van der Waals surface area contributed by atoms with Crippen LogP contribution in [0.2, 0.25) is 0 Å². The van der Waals surface area contributed by atoms with Gasteiger partial charge in [-0.15, -0.1) is 0 Å². The van der Waals surface area contributed by atoms with E-state index in [1.165, 1.54) is 0 Å². The summed E-state index contributed by atoms with van der Waals surface area (Å²) in [6, 6.07) is 9.10. The molecule has 0 bridgehead atoms. The second-order valence-electron chi connectivity index (χ2n) is 6.39. The molecule has 0 aliphatic rings. The van der Waals surface area contributed by atoms with E-state index >= 15 is 0 Å². The summed E-state index contributed by atoms with van der Waals surface area (Å²) < 4.78 is 10.4. The second-order valence-corrected chi connectivity index (χ2v) is 6.39. The number of nitrogens with one attached hydrogen (secondary N) is 1. The average Bonchev–Trinajstić information content (AvgIpc) is 2.48. The van der Waals surface area contributed by atoms with E-state index in [1.807, 2.05) is 37.3 Å². The number of alkyl carbamates (subject to hydrolysis) is 1. The number of carbonyl (C=O) groups is 2. The lowest BCUT2D eigenvalue weighted by atomic mass is 10.1. The number of esters is 1. The molecule has 0 aromatic heterocycles. The van der Waals surface area contributed by atoms with Crippen LogP contribution in [-0.4, -0.2) is 30.3 Å². The molecule has 0 aliphatic carbocycles. The summed E-state index contributed by atoms with van der Waals surface area (Å²) in [5, 5.41) is 2.62. The zero-order valence-corrected chi connectivity index (χ0v) is 14.4. The molecule has 128 valence electrons. The van der Waals surface area contributed by atoms with Crippen molar-refractivity contribution >= 4 is 12.1 Å². The summed E-state index contributed by atoms with van der Waals surface area (Å²) >= 11 is 0. The average molecular weight is 321 g/mol. The number of benzene rings is 1. The number of ether oxygens (including phenoxy) is 2. The van der Waals surface area contributed by atoms with Crippen LogP contribution in [0.4, 0.5) is 4.79 Å². The van der Waals surface area contributed by atoms with E-state index in [0.29, 0.717) is 19.4 Å². The Labute approximate surface area is 138 Å². The van der Waals surface area contributed by atoms with Crippen LogP contribution in [0.3, 0.4) is 0 Å². The Morgan fingerprint density at radius 2 is 1.83 bits per heavy atom. The van der Waals surface area contributed by atoms with Crippen LogP contribution in [-0.2, 0) is 20.7 Å². The Kier molecular flexibility index (Phi) is 7.59. The number of amides is 1. The Bertz CT molecular complexity index is 493. The fourth-order valence-corrected chi connectivity index (χ4v) is 1.96. The third-order valence-corrected chi connectivity index (χ3v) is 2.99. The molecule has 1 atom stereocenters. The van der Waals surface area contributed by atoms with Gasteiger partial charge < -0.3 is 14.8 Å². The lowest BCUT2D eigenvalue weighted by Gasteiger charge is -2.23. The van der Waals surface area contributed by atoms with Crippen LogP contribution in [0.25, 0.3) is 0 Å². The van der Waals surface area contributed by atoms with Crippen LogP contribution in [0.1, 0.15) is 46.1 Å². The van der Waals surface area contributed by atoms with Crippen molar-refractivity contribution in [1.82, 2.24) is 5.32 Å². The predicted octanol–water partition coefficient (Wildman–Crippen LogP) is 3.47. The van der Waals surface area contributed by atoms with E-state index in [1.54, 1.807) is 20.8 Å². The zero-order valence-electron chi connectivity index (χ0n) is 14.4. The van der Waals surface area contributed by atoms with E-state index in [-0.39, 0.29) is 0 Å². The molecule has 0 radical (unpaired) electrons. The molecule has 23 heavy (non-hydrogen) atoms. The second kappa shape index (κ2) is 9.18. The molecule has 5 heteroatoms. The first-order chi connectivity index (χ1) is 10.8. The van der Waals surface area contributed by atoms with E-state index in [2.05, 4.69) is 5.32 Å². The van der Waals surface area contributed by atoms with Crippen molar-refractivity contribution < 1.29 is 19.1 Å². The Hall–Kier alpha value is -2.04. The minimum absolute atomic E-state index is 0.344. The summed E-state index contributed by atoms with van der Waals surface area (Å²) in [5.41, 5.74) is 0.494. The van der Waals surface area contributed by atoms with E-state index in [0.717, 1.165) is 12.0 Å². The molecule has 0 aliphatic heterocycles. The van der Waals surface area contributed by atoms with Crippen molar-refractivity contribution in [2.45, 2.75) is 58.6 Å². The maximum atomic E-state index is 12.1. The van der Waals surface area contributed by atoms with E-state index in [4.69, 9.17) is 9.47 Å². The lowest BCUT2D eigenvalue weighted by Crippen LogP contribution is -2.44. The number of rotatable bonds is 7. The van der Waals surface area contributed by atoms with Gasteiger partial charge in [0.05, 0.1) is 6.61 Å². The van der Waals surface area contributed by atoms with Crippen molar-refractivity contribution in [1.29, 1.82) is 0 Å². The molecule has 0 heterocycles. The van der Waals surface area contributed by atoms with E-state index in [9.17, 15) is 9.59 Å². The standard InChI is InChI=1S/C18H27NO4/c1-5-13-22-16(20)15(19-17(21)23-18(2,3)4)12-11-14-9-7-6-8-10-14/h6-10,15H,5,11-13H2,1-4H3,(H,19,21). The molecule has 0 saturated carbocycles. The normalized spacial score (nSPS) is 12.3. The Morgan fingerprint density at radius 3 is 2.39 bits per heavy atom. The van der Waals surface area contributed by atoms with Crippen molar-refractivity contribution in [3.8, 4) is 0 Å². The summed E-state index contributed by atoms with van der Waals surface area (Å²) in [6.45, 7) is 7.60. The smallest absolute Gasteiger partial charge is 0.408 e. The van der Waals surface area contributed by atoms with Gasteiger partial charge in [0.25, 0.3) is 0 Å². The Morgan fingerprint density at radius 1 is 1.17 bits per heavy atom. The third kappa shape index (κ3) is 8.24. The summed E-state index contributed by atoms with van der Waals surface area (Å²) in [6.07, 6.45) is 1.27. The largest absolute Gasteiger partial charge is 0.464 e. The Balaban J connectivity index is 2.64. The summed E-state index contributed by atoms with van der Waals surface area (Å²) in [7, 11) is 0. The third-order valence-electron chi connectivity index (χ3n) is 2.99. The predicted molar refractivity (Wildman–Crippen MR) is 89.2 cm³/mol. The SMILES string of the molecule is CCCOC(=O)C(CCc1ccccc1)NC(=O)OC(C)(C)C. The molecule has 0 spiro atoms. The highest BCUT2D eigenvalue weighted by Crippen LogP contribution is 2.10. The van der Waals surface area contributed by atoms with Crippen LogP contribution in [0, 0.1) is 0 Å². The maximum absolute atomic E-state index is 12.1. The van der Waals surface area contributed by atoms with Gasteiger partial charge in [-0.05, 0) is 45.6 Å². The molecule has 0 fully saturated rings. The molecule has 1 rings (SSSR count). The number of aryl methyl sites for hydroxylation is 1. The fraction of sp³-hybridized carbons (Fsp3) is 0.556. The number of hydrogen-bond donors (Lipinski definition) is 1. The highest BCUT2D eigenvalue weighted by molar-refractivity contribution is 5.81. The van der Waals surface area contributed by atoms with Gasteiger partial charge in [-0.25, -0.2) is 9.59 Å². The first-order valence-electron chi connectivity index (χ1n) is 8.02. The molecule has 1 unspecified atom stereocenters. The first-order valence-corrected chi connectivity index (χ1v) is 8.02. The van der Waals surface area contributed by atoms with Crippen LogP contribution in [0.5, 0.6) is 0 Å².